The first-order chi connectivity index (χ1) is 8.42. The van der Waals surface area contributed by atoms with Crippen molar-refractivity contribution < 1.29 is 9.53 Å². The summed E-state index contributed by atoms with van der Waals surface area (Å²) in [7, 11) is 0. The summed E-state index contributed by atoms with van der Waals surface area (Å²) >= 11 is 1.67. The van der Waals surface area contributed by atoms with Crippen molar-refractivity contribution in [2.24, 2.45) is 0 Å². The molecule has 0 aliphatic rings. The van der Waals surface area contributed by atoms with Crippen molar-refractivity contribution in [1.82, 2.24) is 5.32 Å². The maximum atomic E-state index is 11.8. The molecular formula is C14H21NO2S. The fourth-order valence-corrected chi connectivity index (χ4v) is 2.29. The van der Waals surface area contributed by atoms with E-state index in [-0.39, 0.29) is 11.5 Å². The number of carbonyl (C=O) groups is 1. The van der Waals surface area contributed by atoms with E-state index in [2.05, 4.69) is 12.2 Å². The van der Waals surface area contributed by atoms with Crippen LogP contribution < -0.4 is 5.32 Å². The molecule has 100 valence electrons. The lowest BCUT2D eigenvalue weighted by molar-refractivity contribution is 0.0521. The van der Waals surface area contributed by atoms with Crippen molar-refractivity contribution in [3.8, 4) is 0 Å². The highest BCUT2D eigenvalue weighted by Gasteiger charge is 2.20. The van der Waals surface area contributed by atoms with Crippen LogP contribution in [0.1, 0.15) is 38.6 Å². The molecule has 0 aliphatic heterocycles. The molecule has 0 saturated carbocycles. The first-order valence-electron chi connectivity index (χ1n) is 6.08. The number of thioether (sulfide) groups is 1. The van der Waals surface area contributed by atoms with Gasteiger partial charge in [-0.1, -0.05) is 37.3 Å². The van der Waals surface area contributed by atoms with Gasteiger partial charge in [-0.25, -0.2) is 4.79 Å². The first-order valence-corrected chi connectivity index (χ1v) is 7.13. The van der Waals surface area contributed by atoms with Gasteiger partial charge in [0.25, 0.3) is 0 Å². The number of hydrogen-bond donors (Lipinski definition) is 1. The van der Waals surface area contributed by atoms with Gasteiger partial charge in [-0.05, 0) is 32.1 Å². The van der Waals surface area contributed by atoms with Crippen LogP contribution in [-0.2, 0) is 4.74 Å². The Morgan fingerprint density at radius 1 is 1.33 bits per heavy atom. The van der Waals surface area contributed by atoms with E-state index in [0.717, 1.165) is 11.3 Å². The van der Waals surface area contributed by atoms with Crippen LogP contribution in [0.25, 0.3) is 0 Å². The van der Waals surface area contributed by atoms with E-state index in [4.69, 9.17) is 4.74 Å². The molecule has 3 nitrogen and oxygen atoms in total. The number of hydrogen-bond acceptors (Lipinski definition) is 3. The topological polar surface area (TPSA) is 38.3 Å². The number of benzene rings is 1. The van der Waals surface area contributed by atoms with Crippen LogP contribution in [-0.4, -0.2) is 17.4 Å². The summed E-state index contributed by atoms with van der Waals surface area (Å²) in [6, 6.07) is 9.91. The summed E-state index contributed by atoms with van der Waals surface area (Å²) in [4.78, 5) is 11.8. The third kappa shape index (κ3) is 5.45. The van der Waals surface area contributed by atoms with Crippen LogP contribution in [0.4, 0.5) is 4.79 Å². The lowest BCUT2D eigenvalue weighted by Gasteiger charge is -2.23. The van der Waals surface area contributed by atoms with Crippen LogP contribution >= 0.6 is 11.8 Å². The molecule has 0 saturated heterocycles. The van der Waals surface area contributed by atoms with E-state index in [1.54, 1.807) is 11.8 Å². The molecule has 0 spiro atoms. The predicted octanol–water partition coefficient (Wildman–Crippen LogP) is 3.96. The summed E-state index contributed by atoms with van der Waals surface area (Å²) < 4.78 is 5.27. The molecule has 0 radical (unpaired) electrons. The fourth-order valence-electron chi connectivity index (χ4n) is 1.43. The lowest BCUT2D eigenvalue weighted by atomic mass is 10.2. The molecule has 0 aromatic heterocycles. The molecule has 1 aromatic rings. The Hall–Kier alpha value is -1.16. The van der Waals surface area contributed by atoms with Gasteiger partial charge in [0.2, 0.25) is 0 Å². The number of carbonyl (C=O) groups excluding carboxylic acids is 1. The van der Waals surface area contributed by atoms with Crippen molar-refractivity contribution in [3.05, 3.63) is 35.9 Å². The molecule has 1 unspecified atom stereocenters. The van der Waals surface area contributed by atoms with E-state index in [0.29, 0.717) is 0 Å². The molecule has 0 fully saturated rings. The average molecular weight is 267 g/mol. The van der Waals surface area contributed by atoms with Gasteiger partial charge in [0, 0.05) is 0 Å². The number of nitrogens with one attached hydrogen (secondary N) is 1. The molecule has 18 heavy (non-hydrogen) atoms. The maximum absolute atomic E-state index is 11.8. The standard InChI is InChI=1S/C14H21NO2S/c1-5-18-12(11-9-7-6-8-10-11)15-13(16)17-14(2,3)4/h6-10,12H,5H2,1-4H3,(H,15,16). The van der Waals surface area contributed by atoms with Crippen LogP contribution in [0.15, 0.2) is 30.3 Å². The van der Waals surface area contributed by atoms with E-state index in [1.807, 2.05) is 51.1 Å². The number of rotatable bonds is 4. The Balaban J connectivity index is 2.67. The largest absolute Gasteiger partial charge is 0.444 e. The van der Waals surface area contributed by atoms with Crippen LogP contribution in [0.2, 0.25) is 0 Å². The number of alkyl carbamates (subject to hydrolysis) is 1. The van der Waals surface area contributed by atoms with Crippen LogP contribution in [0.5, 0.6) is 0 Å². The van der Waals surface area contributed by atoms with E-state index < -0.39 is 5.60 Å². The Labute approximate surface area is 113 Å². The molecule has 1 atom stereocenters. The average Bonchev–Trinajstić information content (AvgIpc) is 2.27. The second kappa shape index (κ2) is 6.69. The van der Waals surface area contributed by atoms with Crippen LogP contribution in [0.3, 0.4) is 0 Å². The molecule has 1 amide bonds. The summed E-state index contributed by atoms with van der Waals surface area (Å²) in [5.74, 6) is 0.926. The Kier molecular flexibility index (Phi) is 5.54. The van der Waals surface area contributed by atoms with E-state index in [1.165, 1.54) is 0 Å². The molecule has 0 bridgehead atoms. The highest BCUT2D eigenvalue weighted by Crippen LogP contribution is 2.25. The normalized spacial score (nSPS) is 12.9. The van der Waals surface area contributed by atoms with Gasteiger partial charge in [-0.2, -0.15) is 0 Å². The maximum Gasteiger partial charge on any atom is 0.408 e. The first kappa shape index (κ1) is 14.9. The van der Waals surface area contributed by atoms with Gasteiger partial charge >= 0.3 is 6.09 Å². The molecule has 1 N–H and O–H groups in total. The van der Waals surface area contributed by atoms with Crippen molar-refractivity contribution in [3.63, 3.8) is 0 Å². The smallest absolute Gasteiger partial charge is 0.408 e. The summed E-state index contributed by atoms with van der Waals surface area (Å²) in [5.41, 5.74) is 0.609. The third-order valence-corrected chi connectivity index (χ3v) is 3.14. The minimum Gasteiger partial charge on any atom is -0.444 e. The minimum atomic E-state index is -0.470. The zero-order valence-corrected chi connectivity index (χ0v) is 12.2. The van der Waals surface area contributed by atoms with Gasteiger partial charge in [0.05, 0.1) is 0 Å². The van der Waals surface area contributed by atoms with Crippen molar-refractivity contribution in [2.45, 2.75) is 38.7 Å². The van der Waals surface area contributed by atoms with E-state index >= 15 is 0 Å². The summed E-state index contributed by atoms with van der Waals surface area (Å²) in [6.45, 7) is 7.64. The van der Waals surface area contributed by atoms with Gasteiger partial charge in [-0.15, -0.1) is 11.8 Å². The molecule has 1 aromatic carbocycles. The number of ether oxygens (including phenoxy) is 1. The second-order valence-corrected chi connectivity index (χ2v) is 6.27. The van der Waals surface area contributed by atoms with Gasteiger partial charge in [0.15, 0.2) is 0 Å². The monoisotopic (exact) mass is 267 g/mol. The van der Waals surface area contributed by atoms with Crippen molar-refractivity contribution in [1.29, 1.82) is 0 Å². The molecule has 0 aliphatic carbocycles. The molecule has 1 rings (SSSR count). The zero-order chi connectivity index (χ0) is 13.6. The lowest BCUT2D eigenvalue weighted by Crippen LogP contribution is -2.34. The summed E-state index contributed by atoms with van der Waals surface area (Å²) in [6.07, 6.45) is -0.377. The molecular weight excluding hydrogens is 246 g/mol. The van der Waals surface area contributed by atoms with Gasteiger partial charge in [0.1, 0.15) is 11.0 Å². The highest BCUT2D eigenvalue weighted by atomic mass is 32.2. The Morgan fingerprint density at radius 3 is 2.44 bits per heavy atom. The van der Waals surface area contributed by atoms with Crippen molar-refractivity contribution in [2.75, 3.05) is 5.75 Å². The molecule has 0 heterocycles. The SMILES string of the molecule is CCSC(NC(=O)OC(C)(C)C)c1ccccc1. The van der Waals surface area contributed by atoms with Crippen LogP contribution in [0, 0.1) is 0 Å². The fraction of sp³-hybridized carbons (Fsp3) is 0.500. The second-order valence-electron chi connectivity index (χ2n) is 4.89. The minimum absolute atomic E-state index is 0.0638. The predicted molar refractivity (Wildman–Crippen MR) is 76.7 cm³/mol. The van der Waals surface area contributed by atoms with Gasteiger partial charge in [-0.3, -0.25) is 0 Å². The number of amides is 1. The highest BCUT2D eigenvalue weighted by molar-refractivity contribution is 7.99. The zero-order valence-electron chi connectivity index (χ0n) is 11.4. The van der Waals surface area contributed by atoms with E-state index in [9.17, 15) is 4.79 Å². The van der Waals surface area contributed by atoms with Crippen molar-refractivity contribution >= 4 is 17.9 Å². The van der Waals surface area contributed by atoms with Gasteiger partial charge < -0.3 is 10.1 Å². The Bertz CT molecular complexity index is 373. The Morgan fingerprint density at radius 2 is 1.94 bits per heavy atom. The quantitative estimate of drug-likeness (QED) is 0.839. The molecule has 4 heteroatoms. The summed E-state index contributed by atoms with van der Waals surface area (Å²) in [5, 5.41) is 2.83. The third-order valence-electron chi connectivity index (χ3n) is 2.08.